The number of rotatable bonds is 4. The number of nitrogens with one attached hydrogen (secondary N) is 2. The van der Waals surface area contributed by atoms with Crippen LogP contribution in [-0.2, 0) is 5.41 Å². The molecule has 1 unspecified atom stereocenters. The van der Waals surface area contributed by atoms with Gasteiger partial charge in [-0.3, -0.25) is 4.40 Å². The molecule has 1 aliphatic heterocycles. The Balaban J connectivity index is 1.48. The summed E-state index contributed by atoms with van der Waals surface area (Å²) in [6, 6.07) is 11.1. The minimum atomic E-state index is 0.366. The zero-order valence-electron chi connectivity index (χ0n) is 14.5. The van der Waals surface area contributed by atoms with Crippen molar-refractivity contribution in [1.29, 1.82) is 0 Å². The topological polar surface area (TPSA) is 54.2 Å². The number of imidazole rings is 1. The number of hydrogen-bond acceptors (Lipinski definition) is 4. The Kier molecular flexibility index (Phi) is 3.31. The maximum atomic E-state index is 4.81. The van der Waals surface area contributed by atoms with E-state index in [1.54, 1.807) is 0 Å². The van der Waals surface area contributed by atoms with Gasteiger partial charge in [0.15, 0.2) is 0 Å². The molecule has 2 N–H and O–H groups in total. The van der Waals surface area contributed by atoms with Gasteiger partial charge >= 0.3 is 0 Å². The monoisotopic (exact) mass is 333 g/mol. The van der Waals surface area contributed by atoms with Crippen LogP contribution in [0.5, 0.6) is 0 Å². The van der Waals surface area contributed by atoms with E-state index in [0.29, 0.717) is 11.5 Å². The van der Waals surface area contributed by atoms with E-state index in [0.717, 1.165) is 42.4 Å². The van der Waals surface area contributed by atoms with Gasteiger partial charge in [0.25, 0.3) is 0 Å². The van der Waals surface area contributed by atoms with Crippen LogP contribution in [0.1, 0.15) is 31.7 Å². The van der Waals surface area contributed by atoms with Gasteiger partial charge < -0.3 is 10.6 Å². The van der Waals surface area contributed by atoms with Crippen molar-refractivity contribution in [2.75, 3.05) is 18.4 Å². The predicted molar refractivity (Wildman–Crippen MR) is 99.9 cm³/mol. The largest absolute Gasteiger partial charge is 0.366 e. The number of fused-ring (bicyclic) bond motifs is 1. The van der Waals surface area contributed by atoms with Crippen molar-refractivity contribution in [2.24, 2.45) is 0 Å². The SMILES string of the molecule is CC1(c2ccn3c(-c4cccc(NC5CCNC5)n4)cnc3c2)CC1. The summed E-state index contributed by atoms with van der Waals surface area (Å²) < 4.78 is 2.14. The molecule has 3 aromatic rings. The maximum absolute atomic E-state index is 4.81. The van der Waals surface area contributed by atoms with Crippen molar-refractivity contribution < 1.29 is 0 Å². The zero-order chi connectivity index (χ0) is 16.9. The summed E-state index contributed by atoms with van der Waals surface area (Å²) >= 11 is 0. The summed E-state index contributed by atoms with van der Waals surface area (Å²) in [5.74, 6) is 0.934. The van der Waals surface area contributed by atoms with E-state index in [4.69, 9.17) is 4.98 Å². The summed E-state index contributed by atoms with van der Waals surface area (Å²) in [6.07, 6.45) is 7.77. The van der Waals surface area contributed by atoms with Crippen molar-refractivity contribution in [3.05, 3.63) is 48.3 Å². The smallest absolute Gasteiger partial charge is 0.137 e. The zero-order valence-corrected chi connectivity index (χ0v) is 14.5. The highest BCUT2D eigenvalue weighted by Gasteiger charge is 2.39. The van der Waals surface area contributed by atoms with Crippen molar-refractivity contribution in [2.45, 2.75) is 37.6 Å². The van der Waals surface area contributed by atoms with Crippen molar-refractivity contribution in [3.8, 4) is 11.4 Å². The van der Waals surface area contributed by atoms with Crippen LogP contribution < -0.4 is 10.6 Å². The summed E-state index contributed by atoms with van der Waals surface area (Å²) in [5.41, 5.74) is 4.75. The molecule has 25 heavy (non-hydrogen) atoms. The fourth-order valence-corrected chi connectivity index (χ4v) is 3.67. The lowest BCUT2D eigenvalue weighted by atomic mass is 10.00. The molecule has 128 valence electrons. The first-order valence-corrected chi connectivity index (χ1v) is 9.14. The Hall–Kier alpha value is -2.40. The minimum Gasteiger partial charge on any atom is -0.366 e. The molecule has 0 amide bonds. The van der Waals surface area contributed by atoms with Crippen molar-refractivity contribution in [3.63, 3.8) is 0 Å². The van der Waals surface area contributed by atoms with Gasteiger partial charge in [-0.15, -0.1) is 0 Å². The van der Waals surface area contributed by atoms with Crippen LogP contribution in [0.15, 0.2) is 42.7 Å². The van der Waals surface area contributed by atoms with Gasteiger partial charge in [0, 0.05) is 18.8 Å². The molecule has 5 heteroatoms. The molecule has 5 nitrogen and oxygen atoms in total. The highest BCUT2D eigenvalue weighted by molar-refractivity contribution is 5.62. The molecular formula is C20H23N5. The quantitative estimate of drug-likeness (QED) is 0.770. The molecule has 1 atom stereocenters. The maximum Gasteiger partial charge on any atom is 0.137 e. The molecule has 0 radical (unpaired) electrons. The second-order valence-corrected chi connectivity index (χ2v) is 7.59. The standard InChI is InChI=1S/C20H23N5/c1-20(7-8-20)14-6-10-25-17(13-22-19(25)11-14)16-3-2-4-18(24-16)23-15-5-9-21-12-15/h2-4,6,10-11,13,15,21H,5,7-9,12H2,1H3,(H,23,24). The average molecular weight is 333 g/mol. The summed E-state index contributed by atoms with van der Waals surface area (Å²) in [6.45, 7) is 4.41. The van der Waals surface area contributed by atoms with E-state index in [1.807, 2.05) is 12.3 Å². The average Bonchev–Trinajstić information content (AvgIpc) is 3.03. The van der Waals surface area contributed by atoms with Crippen LogP contribution in [0.4, 0.5) is 5.82 Å². The van der Waals surface area contributed by atoms with E-state index in [-0.39, 0.29) is 0 Å². The van der Waals surface area contributed by atoms with Gasteiger partial charge in [0.1, 0.15) is 11.5 Å². The molecule has 5 rings (SSSR count). The molecule has 0 spiro atoms. The van der Waals surface area contributed by atoms with Crippen molar-refractivity contribution >= 4 is 11.5 Å². The lowest BCUT2D eigenvalue weighted by Gasteiger charge is -2.13. The molecule has 3 aromatic heterocycles. The van der Waals surface area contributed by atoms with E-state index in [2.05, 4.69) is 57.4 Å². The molecule has 1 saturated heterocycles. The van der Waals surface area contributed by atoms with Crippen LogP contribution >= 0.6 is 0 Å². The summed E-state index contributed by atoms with van der Waals surface area (Å²) in [5, 5.41) is 6.90. The molecule has 0 bridgehead atoms. The van der Waals surface area contributed by atoms with Gasteiger partial charge in [0.2, 0.25) is 0 Å². The lowest BCUT2D eigenvalue weighted by molar-refractivity contribution is 0.785. The summed E-state index contributed by atoms with van der Waals surface area (Å²) in [4.78, 5) is 9.44. The van der Waals surface area contributed by atoms with Crippen LogP contribution in [-0.4, -0.2) is 33.5 Å². The van der Waals surface area contributed by atoms with Gasteiger partial charge in [-0.2, -0.15) is 0 Å². The van der Waals surface area contributed by atoms with Gasteiger partial charge in [-0.1, -0.05) is 13.0 Å². The molecule has 1 saturated carbocycles. The highest BCUT2D eigenvalue weighted by atomic mass is 15.1. The third-order valence-corrected chi connectivity index (χ3v) is 5.63. The van der Waals surface area contributed by atoms with E-state index >= 15 is 0 Å². The van der Waals surface area contributed by atoms with Crippen LogP contribution in [0, 0.1) is 0 Å². The van der Waals surface area contributed by atoms with Crippen LogP contribution in [0.3, 0.4) is 0 Å². The fraction of sp³-hybridized carbons (Fsp3) is 0.400. The molecule has 1 aliphatic carbocycles. The first kappa shape index (κ1) is 14.9. The van der Waals surface area contributed by atoms with E-state index in [1.165, 1.54) is 18.4 Å². The third-order valence-electron chi connectivity index (χ3n) is 5.63. The third kappa shape index (κ3) is 2.68. The molecular weight excluding hydrogens is 310 g/mol. The molecule has 2 aliphatic rings. The number of aromatic nitrogens is 3. The predicted octanol–water partition coefficient (Wildman–Crippen LogP) is 3.22. The second-order valence-electron chi connectivity index (χ2n) is 7.59. The molecule has 2 fully saturated rings. The first-order valence-electron chi connectivity index (χ1n) is 9.14. The first-order chi connectivity index (χ1) is 12.2. The van der Waals surface area contributed by atoms with Gasteiger partial charge in [-0.05, 0) is 61.1 Å². The van der Waals surface area contributed by atoms with E-state index in [9.17, 15) is 0 Å². The Morgan fingerprint density at radius 3 is 3.00 bits per heavy atom. The Morgan fingerprint density at radius 1 is 1.28 bits per heavy atom. The number of anilines is 1. The number of nitrogens with zero attached hydrogens (tertiary/aromatic N) is 3. The van der Waals surface area contributed by atoms with Gasteiger partial charge in [0.05, 0.1) is 17.6 Å². The second kappa shape index (κ2) is 5.56. The number of hydrogen-bond donors (Lipinski definition) is 2. The molecule has 4 heterocycles. The minimum absolute atomic E-state index is 0.366. The molecule has 0 aromatic carbocycles. The Morgan fingerprint density at radius 2 is 2.20 bits per heavy atom. The van der Waals surface area contributed by atoms with Crippen LogP contribution in [0.2, 0.25) is 0 Å². The van der Waals surface area contributed by atoms with E-state index < -0.39 is 0 Å². The lowest BCUT2D eigenvalue weighted by Crippen LogP contribution is -2.22. The normalized spacial score (nSPS) is 21.6. The number of pyridine rings is 2. The summed E-state index contributed by atoms with van der Waals surface area (Å²) in [7, 11) is 0. The van der Waals surface area contributed by atoms with Crippen LogP contribution in [0.25, 0.3) is 17.0 Å². The van der Waals surface area contributed by atoms with Crippen molar-refractivity contribution in [1.82, 2.24) is 19.7 Å². The highest BCUT2D eigenvalue weighted by Crippen LogP contribution is 2.47. The Bertz CT molecular complexity index is 919. The Labute approximate surface area is 147 Å². The fourth-order valence-electron chi connectivity index (χ4n) is 3.67. The van der Waals surface area contributed by atoms with Gasteiger partial charge in [-0.25, -0.2) is 9.97 Å².